The van der Waals surface area contributed by atoms with Gasteiger partial charge < -0.3 is 31.9 Å². The molecule has 7 N–H and O–H groups in total. The number of nitrogens with one attached hydrogen (secondary N) is 3. The largest absolute Gasteiger partial charge is 0.481 e. The van der Waals surface area contributed by atoms with Gasteiger partial charge in [0.2, 0.25) is 17.7 Å². The molecule has 0 radical (unpaired) electrons. The van der Waals surface area contributed by atoms with Gasteiger partial charge in [0.1, 0.15) is 18.1 Å². The molecule has 12 heteroatoms. The van der Waals surface area contributed by atoms with Gasteiger partial charge in [-0.3, -0.25) is 19.2 Å². The van der Waals surface area contributed by atoms with Gasteiger partial charge in [-0.05, 0) is 36.3 Å². The lowest BCUT2D eigenvalue weighted by Gasteiger charge is -2.26. The first-order chi connectivity index (χ1) is 17.5. The number of carbonyl (C=O) groups is 5. The Morgan fingerprint density at radius 1 is 0.919 bits per heavy atom. The normalized spacial score (nSPS) is 14.9. The number of carbonyl (C=O) groups excluding carboxylic acids is 3. The van der Waals surface area contributed by atoms with Crippen LogP contribution in [0.1, 0.15) is 45.1 Å². The lowest BCUT2D eigenvalue weighted by Crippen LogP contribution is -2.58. The Balaban J connectivity index is 3.09. The van der Waals surface area contributed by atoms with Gasteiger partial charge in [-0.25, -0.2) is 4.79 Å². The molecule has 1 aromatic carbocycles. The summed E-state index contributed by atoms with van der Waals surface area (Å²) in [7, 11) is 0. The molecule has 37 heavy (non-hydrogen) atoms. The van der Waals surface area contributed by atoms with Crippen LogP contribution >= 0.6 is 11.8 Å². The number of aliphatic carboxylic acids is 2. The molecular formula is C25H38N4O7S. The van der Waals surface area contributed by atoms with E-state index >= 15 is 0 Å². The lowest BCUT2D eigenvalue weighted by molar-refractivity contribution is -0.144. The van der Waals surface area contributed by atoms with E-state index in [0.717, 1.165) is 5.56 Å². The predicted octanol–water partition coefficient (Wildman–Crippen LogP) is 0.759. The van der Waals surface area contributed by atoms with Gasteiger partial charge in [0.15, 0.2) is 0 Å². The molecule has 0 spiro atoms. The van der Waals surface area contributed by atoms with Crippen LogP contribution < -0.4 is 21.7 Å². The van der Waals surface area contributed by atoms with Crippen LogP contribution in [0.25, 0.3) is 0 Å². The summed E-state index contributed by atoms with van der Waals surface area (Å²) in [5.41, 5.74) is 6.56. The van der Waals surface area contributed by atoms with E-state index in [1.165, 1.54) is 11.8 Å². The van der Waals surface area contributed by atoms with Crippen LogP contribution in [-0.2, 0) is 30.4 Å². The molecule has 1 rings (SSSR count). The second kappa shape index (κ2) is 16.6. The summed E-state index contributed by atoms with van der Waals surface area (Å²) in [6, 6.07) is 4.54. The number of carboxylic acid groups (broad SMARTS) is 2. The van der Waals surface area contributed by atoms with Crippen molar-refractivity contribution in [3.8, 4) is 0 Å². The summed E-state index contributed by atoms with van der Waals surface area (Å²) in [5.74, 6) is -4.02. The highest BCUT2D eigenvalue weighted by Crippen LogP contribution is 2.11. The van der Waals surface area contributed by atoms with Gasteiger partial charge in [-0.2, -0.15) is 11.8 Å². The number of hydrogen-bond donors (Lipinski definition) is 6. The van der Waals surface area contributed by atoms with Crippen molar-refractivity contribution in [2.24, 2.45) is 11.7 Å². The Morgan fingerprint density at radius 3 is 2.05 bits per heavy atom. The molecule has 0 heterocycles. The fourth-order valence-corrected chi connectivity index (χ4v) is 3.93. The fraction of sp³-hybridized carbons (Fsp3) is 0.560. The predicted molar refractivity (Wildman–Crippen MR) is 141 cm³/mol. The van der Waals surface area contributed by atoms with Gasteiger partial charge in [0.05, 0.1) is 6.04 Å². The third-order valence-corrected chi connectivity index (χ3v) is 6.59. The van der Waals surface area contributed by atoms with Gasteiger partial charge in [-0.15, -0.1) is 0 Å². The van der Waals surface area contributed by atoms with Crippen molar-refractivity contribution in [1.82, 2.24) is 16.0 Å². The second-order valence-corrected chi connectivity index (χ2v) is 9.83. The average molecular weight is 539 g/mol. The van der Waals surface area contributed by atoms with Crippen LogP contribution in [0, 0.1) is 5.92 Å². The minimum atomic E-state index is -1.16. The Morgan fingerprint density at radius 2 is 1.51 bits per heavy atom. The Kier molecular flexibility index (Phi) is 14.3. The maximum Gasteiger partial charge on any atom is 0.326 e. The topological polar surface area (TPSA) is 188 Å². The van der Waals surface area contributed by atoms with Crippen molar-refractivity contribution < 1.29 is 34.2 Å². The zero-order chi connectivity index (χ0) is 28.0. The molecule has 0 aliphatic carbocycles. The van der Waals surface area contributed by atoms with Crippen LogP contribution in [0.2, 0.25) is 0 Å². The molecular weight excluding hydrogens is 500 g/mol. The highest BCUT2D eigenvalue weighted by atomic mass is 32.2. The van der Waals surface area contributed by atoms with E-state index in [1.54, 1.807) is 37.3 Å². The summed E-state index contributed by atoms with van der Waals surface area (Å²) in [6.07, 6.45) is 2.31. The first-order valence-corrected chi connectivity index (χ1v) is 13.5. The lowest BCUT2D eigenvalue weighted by atomic mass is 9.98. The molecule has 0 fully saturated rings. The molecule has 0 saturated heterocycles. The van der Waals surface area contributed by atoms with Crippen molar-refractivity contribution in [3.63, 3.8) is 0 Å². The first-order valence-electron chi connectivity index (χ1n) is 12.1. The summed E-state index contributed by atoms with van der Waals surface area (Å²) in [4.78, 5) is 61.4. The number of thioether (sulfide) groups is 1. The van der Waals surface area contributed by atoms with E-state index in [2.05, 4.69) is 16.0 Å². The molecule has 11 nitrogen and oxygen atoms in total. The van der Waals surface area contributed by atoms with Gasteiger partial charge in [0.25, 0.3) is 0 Å². The Hall–Kier alpha value is -3.12. The molecule has 1 aromatic rings. The van der Waals surface area contributed by atoms with Crippen molar-refractivity contribution in [2.75, 3.05) is 12.0 Å². The summed E-state index contributed by atoms with van der Waals surface area (Å²) >= 11 is 1.46. The quantitative estimate of drug-likeness (QED) is 0.166. The molecule has 0 saturated carbocycles. The van der Waals surface area contributed by atoms with Gasteiger partial charge in [0, 0.05) is 12.8 Å². The number of carboxylic acids is 2. The van der Waals surface area contributed by atoms with E-state index < -0.39 is 53.8 Å². The van der Waals surface area contributed by atoms with E-state index in [0.29, 0.717) is 12.2 Å². The van der Waals surface area contributed by atoms with Crippen molar-refractivity contribution >= 4 is 41.4 Å². The summed E-state index contributed by atoms with van der Waals surface area (Å²) in [6.45, 7) is 3.53. The SMILES string of the molecule is CCC(C)C(NC(=O)C(CCSC)NC(=O)C(Cc1ccccc1)NC(=O)C(N)CCC(=O)O)C(=O)O. The Labute approximate surface area is 221 Å². The summed E-state index contributed by atoms with van der Waals surface area (Å²) < 4.78 is 0. The number of benzene rings is 1. The molecule has 0 aliphatic heterocycles. The first kappa shape index (κ1) is 31.9. The van der Waals surface area contributed by atoms with Gasteiger partial charge >= 0.3 is 11.9 Å². The highest BCUT2D eigenvalue weighted by Gasteiger charge is 2.32. The van der Waals surface area contributed by atoms with Crippen molar-refractivity contribution in [3.05, 3.63) is 35.9 Å². The van der Waals surface area contributed by atoms with E-state index in [9.17, 15) is 29.1 Å². The van der Waals surface area contributed by atoms with Crippen LogP contribution in [0.5, 0.6) is 0 Å². The third-order valence-electron chi connectivity index (χ3n) is 5.94. The monoisotopic (exact) mass is 538 g/mol. The molecule has 206 valence electrons. The smallest absolute Gasteiger partial charge is 0.326 e. The summed E-state index contributed by atoms with van der Waals surface area (Å²) in [5, 5.41) is 26.2. The number of hydrogen-bond acceptors (Lipinski definition) is 7. The van der Waals surface area contributed by atoms with Crippen LogP contribution in [0.15, 0.2) is 30.3 Å². The third kappa shape index (κ3) is 11.6. The minimum Gasteiger partial charge on any atom is -0.481 e. The van der Waals surface area contributed by atoms with E-state index in [-0.39, 0.29) is 31.6 Å². The molecule has 0 aliphatic rings. The van der Waals surface area contributed by atoms with Crippen LogP contribution in [-0.4, -0.2) is 76.0 Å². The van der Waals surface area contributed by atoms with Gasteiger partial charge in [-0.1, -0.05) is 50.6 Å². The number of nitrogens with two attached hydrogens (primary N) is 1. The van der Waals surface area contributed by atoms with Crippen molar-refractivity contribution in [2.45, 2.75) is 70.1 Å². The fourth-order valence-electron chi connectivity index (χ4n) is 3.46. The van der Waals surface area contributed by atoms with Crippen LogP contribution in [0.4, 0.5) is 0 Å². The Bertz CT molecular complexity index is 916. The van der Waals surface area contributed by atoms with E-state index in [4.69, 9.17) is 10.8 Å². The molecule has 0 aromatic heterocycles. The second-order valence-electron chi connectivity index (χ2n) is 8.84. The van der Waals surface area contributed by atoms with Crippen LogP contribution in [0.3, 0.4) is 0 Å². The highest BCUT2D eigenvalue weighted by molar-refractivity contribution is 7.98. The molecule has 5 unspecified atom stereocenters. The maximum absolute atomic E-state index is 13.3. The number of amides is 3. The average Bonchev–Trinajstić information content (AvgIpc) is 2.87. The standard InChI is InChI=1S/C25H38N4O7S/c1-4-15(2)21(25(35)36)29-23(33)18(12-13-37-3)27-24(34)19(14-16-8-6-5-7-9-16)28-22(32)17(26)10-11-20(30)31/h5-9,15,17-19,21H,4,10-14,26H2,1-3H3,(H,27,34)(H,28,32)(H,29,33)(H,30,31)(H,35,36). The molecule has 3 amide bonds. The minimum absolute atomic E-state index is 0.103. The molecule has 5 atom stereocenters. The maximum atomic E-state index is 13.3. The number of rotatable bonds is 17. The zero-order valence-electron chi connectivity index (χ0n) is 21.4. The molecule has 0 bridgehead atoms. The van der Waals surface area contributed by atoms with E-state index in [1.807, 2.05) is 13.2 Å². The zero-order valence-corrected chi connectivity index (χ0v) is 22.3. The van der Waals surface area contributed by atoms with Crippen molar-refractivity contribution in [1.29, 1.82) is 0 Å².